The lowest BCUT2D eigenvalue weighted by Gasteiger charge is -2.16. The second-order valence-electron chi connectivity index (χ2n) is 5.38. The van der Waals surface area contributed by atoms with E-state index in [-0.39, 0.29) is 24.3 Å². The molecule has 0 spiro atoms. The number of benzene rings is 2. The van der Waals surface area contributed by atoms with Crippen LogP contribution in [0.2, 0.25) is 0 Å². The van der Waals surface area contributed by atoms with Crippen LogP contribution in [0, 0.1) is 0 Å². The van der Waals surface area contributed by atoms with Crippen molar-refractivity contribution in [3.63, 3.8) is 0 Å². The van der Waals surface area contributed by atoms with E-state index < -0.39 is 0 Å². The van der Waals surface area contributed by atoms with Gasteiger partial charge in [-0.2, -0.15) is 0 Å². The second-order valence-corrected chi connectivity index (χ2v) is 5.38. The molecule has 2 aromatic carbocycles. The Morgan fingerprint density at radius 1 is 1.05 bits per heavy atom. The monoisotopic (exact) mass is 299 g/mol. The number of ether oxygens (including phenoxy) is 1. The van der Waals surface area contributed by atoms with Gasteiger partial charge in [-0.1, -0.05) is 49.4 Å². The number of carbonyl (C=O) groups is 1. The van der Waals surface area contributed by atoms with Gasteiger partial charge in [-0.15, -0.1) is 0 Å². The topological polar surface area (TPSA) is 58.6 Å². The number of hydrogen-bond acceptors (Lipinski definition) is 3. The summed E-state index contributed by atoms with van der Waals surface area (Å²) in [6.45, 7) is 3.95. The fourth-order valence-corrected chi connectivity index (χ4v) is 2.31. The van der Waals surface area contributed by atoms with Crippen LogP contribution >= 0.6 is 0 Å². The van der Waals surface area contributed by atoms with Gasteiger partial charge < -0.3 is 4.74 Å². The lowest BCUT2D eigenvalue weighted by atomic mass is 9.97. The summed E-state index contributed by atoms with van der Waals surface area (Å²) >= 11 is 0. The van der Waals surface area contributed by atoms with Gasteiger partial charge in [0.15, 0.2) is 0 Å². The highest BCUT2D eigenvalue weighted by molar-refractivity contribution is 5.75. The quantitative estimate of drug-likeness (QED) is 0.629. The molecule has 2 unspecified atom stereocenters. The Balaban J connectivity index is 1.98. The largest absolute Gasteiger partial charge is 0.486 e. The van der Waals surface area contributed by atoms with Crippen molar-refractivity contribution in [1.29, 1.82) is 0 Å². The minimum atomic E-state index is -0.384. The molecule has 0 aliphatic carbocycles. The van der Waals surface area contributed by atoms with Crippen LogP contribution in [-0.4, -0.2) is 11.1 Å². The zero-order valence-electron chi connectivity index (χ0n) is 12.8. The molecule has 1 amide bonds. The highest BCUT2D eigenvalue weighted by Gasteiger charge is 2.11. The smallest absolute Gasteiger partial charge is 0.243 e. The van der Waals surface area contributed by atoms with Crippen molar-refractivity contribution in [3.8, 4) is 5.75 Å². The summed E-state index contributed by atoms with van der Waals surface area (Å²) in [6.07, 6.45) is 0.224. The fraction of sp³-hybridized carbons (Fsp3) is 0.278. The van der Waals surface area contributed by atoms with Crippen molar-refractivity contribution >= 4 is 5.91 Å². The molecule has 0 saturated carbocycles. The lowest BCUT2D eigenvalue weighted by molar-refractivity contribution is -0.129. The molecule has 0 saturated heterocycles. The van der Waals surface area contributed by atoms with Gasteiger partial charge >= 0.3 is 0 Å². The van der Waals surface area contributed by atoms with Crippen LogP contribution < -0.4 is 10.2 Å². The minimum Gasteiger partial charge on any atom is -0.486 e. The van der Waals surface area contributed by atoms with Gasteiger partial charge in [0.1, 0.15) is 11.9 Å². The van der Waals surface area contributed by atoms with Crippen molar-refractivity contribution in [3.05, 3.63) is 65.7 Å². The van der Waals surface area contributed by atoms with Crippen LogP contribution in [0.3, 0.4) is 0 Å². The first-order valence-corrected chi connectivity index (χ1v) is 7.34. The highest BCUT2D eigenvalue weighted by Crippen LogP contribution is 2.25. The second kappa shape index (κ2) is 7.61. The van der Waals surface area contributed by atoms with Gasteiger partial charge in [0.2, 0.25) is 5.91 Å². The molecule has 4 heteroatoms. The summed E-state index contributed by atoms with van der Waals surface area (Å²) in [5, 5.41) is 8.56. The molecule has 0 aromatic heterocycles. The third-order valence-corrected chi connectivity index (χ3v) is 3.65. The molecular formula is C18H21NO3. The van der Waals surface area contributed by atoms with Gasteiger partial charge in [-0.25, -0.2) is 5.48 Å². The maximum Gasteiger partial charge on any atom is 0.243 e. The van der Waals surface area contributed by atoms with Crippen molar-refractivity contribution in [2.24, 2.45) is 0 Å². The van der Waals surface area contributed by atoms with Gasteiger partial charge in [0.05, 0.1) is 0 Å². The average molecular weight is 299 g/mol. The summed E-state index contributed by atoms with van der Waals surface area (Å²) < 4.78 is 5.92. The first-order chi connectivity index (χ1) is 10.6. The van der Waals surface area contributed by atoms with Crippen LogP contribution in [0.15, 0.2) is 54.6 Å². The van der Waals surface area contributed by atoms with Gasteiger partial charge in [-0.05, 0) is 36.1 Å². The molecule has 2 rings (SSSR count). The Bertz CT molecular complexity index is 595. The third-order valence-electron chi connectivity index (χ3n) is 3.65. The van der Waals surface area contributed by atoms with E-state index in [0.29, 0.717) is 0 Å². The fourth-order valence-electron chi connectivity index (χ4n) is 2.31. The van der Waals surface area contributed by atoms with E-state index >= 15 is 0 Å². The minimum absolute atomic E-state index is 0.0235. The Morgan fingerprint density at radius 3 is 2.27 bits per heavy atom. The summed E-state index contributed by atoms with van der Waals surface area (Å²) in [7, 11) is 0. The molecule has 0 bridgehead atoms. The standard InChI is InChI=1S/C18H21NO3/c1-13(12-18(20)19-21)15-8-10-17(11-9-15)22-14(2)16-6-4-3-5-7-16/h3-11,13-14,21H,12H2,1-2H3,(H,19,20). The number of nitrogens with one attached hydrogen (secondary N) is 1. The zero-order valence-corrected chi connectivity index (χ0v) is 12.8. The van der Waals surface area contributed by atoms with Crippen LogP contribution in [0.25, 0.3) is 0 Å². The summed E-state index contributed by atoms with van der Waals surface area (Å²) in [5.74, 6) is 0.442. The molecule has 0 aliphatic rings. The Hall–Kier alpha value is -2.33. The number of hydroxylamine groups is 1. The maximum atomic E-state index is 11.2. The van der Waals surface area contributed by atoms with Gasteiger partial charge in [0.25, 0.3) is 0 Å². The molecule has 116 valence electrons. The number of hydrogen-bond donors (Lipinski definition) is 2. The molecule has 22 heavy (non-hydrogen) atoms. The van der Waals surface area contributed by atoms with Crippen molar-refractivity contribution in [2.45, 2.75) is 32.3 Å². The van der Waals surface area contributed by atoms with E-state index in [1.165, 1.54) is 0 Å². The first kappa shape index (κ1) is 16.0. The number of rotatable bonds is 6. The molecule has 4 nitrogen and oxygen atoms in total. The van der Waals surface area contributed by atoms with Gasteiger partial charge in [-0.3, -0.25) is 10.0 Å². The predicted octanol–water partition coefficient (Wildman–Crippen LogP) is 3.83. The molecular weight excluding hydrogens is 278 g/mol. The van der Waals surface area contributed by atoms with Crippen molar-refractivity contribution in [2.75, 3.05) is 0 Å². The molecule has 0 heterocycles. The first-order valence-electron chi connectivity index (χ1n) is 7.34. The molecule has 2 atom stereocenters. The summed E-state index contributed by atoms with van der Waals surface area (Å²) in [6, 6.07) is 17.7. The van der Waals surface area contributed by atoms with E-state index in [4.69, 9.17) is 9.94 Å². The van der Waals surface area contributed by atoms with Gasteiger partial charge in [0, 0.05) is 6.42 Å². The third kappa shape index (κ3) is 4.33. The van der Waals surface area contributed by atoms with Crippen LogP contribution in [0.1, 0.15) is 43.4 Å². The normalized spacial score (nSPS) is 13.2. The van der Waals surface area contributed by atoms with Crippen molar-refractivity contribution in [1.82, 2.24) is 5.48 Å². The SMILES string of the molecule is CC(CC(=O)NO)c1ccc(OC(C)c2ccccc2)cc1. The molecule has 0 aliphatic heterocycles. The molecule has 0 fully saturated rings. The molecule has 2 aromatic rings. The Labute approximate surface area is 130 Å². The zero-order chi connectivity index (χ0) is 15.9. The van der Waals surface area contributed by atoms with E-state index in [1.807, 2.05) is 68.4 Å². The Morgan fingerprint density at radius 2 is 1.68 bits per heavy atom. The number of amides is 1. The average Bonchev–Trinajstić information content (AvgIpc) is 2.56. The van der Waals surface area contributed by atoms with Crippen LogP contribution in [-0.2, 0) is 4.79 Å². The molecule has 0 radical (unpaired) electrons. The maximum absolute atomic E-state index is 11.2. The summed E-state index contributed by atoms with van der Waals surface area (Å²) in [4.78, 5) is 11.2. The predicted molar refractivity (Wildman–Crippen MR) is 84.9 cm³/mol. The van der Waals surface area contributed by atoms with E-state index in [2.05, 4.69) is 0 Å². The van der Waals surface area contributed by atoms with Crippen molar-refractivity contribution < 1.29 is 14.7 Å². The lowest BCUT2D eigenvalue weighted by Crippen LogP contribution is -2.20. The molecule has 2 N–H and O–H groups in total. The highest BCUT2D eigenvalue weighted by atomic mass is 16.5. The van der Waals surface area contributed by atoms with E-state index in [1.54, 1.807) is 5.48 Å². The summed E-state index contributed by atoms with van der Waals surface area (Å²) in [5.41, 5.74) is 3.81. The Kier molecular flexibility index (Phi) is 5.55. The van der Waals surface area contributed by atoms with Crippen LogP contribution in [0.5, 0.6) is 5.75 Å². The van der Waals surface area contributed by atoms with Crippen LogP contribution in [0.4, 0.5) is 0 Å². The van der Waals surface area contributed by atoms with E-state index in [0.717, 1.165) is 16.9 Å². The number of carbonyl (C=O) groups excluding carboxylic acids is 1. The van der Waals surface area contributed by atoms with E-state index in [9.17, 15) is 4.79 Å².